The predicted molar refractivity (Wildman–Crippen MR) is 78.4 cm³/mol. The van der Waals surface area contributed by atoms with Crippen molar-refractivity contribution in [3.05, 3.63) is 35.4 Å². The lowest BCUT2D eigenvalue weighted by molar-refractivity contribution is -0.146. The first-order chi connectivity index (χ1) is 9.27. The standard InChI is InChI=1S/C16H23NO3/c1-5-16(3,4)13-8-6-12(7-9-13)10-17-14(18)11(2)15(19)20/h6-9,11H,5,10H2,1-4H3,(H,17,18)(H,19,20). The highest BCUT2D eigenvalue weighted by atomic mass is 16.4. The van der Waals surface area contributed by atoms with Crippen molar-refractivity contribution in [3.8, 4) is 0 Å². The minimum atomic E-state index is -1.11. The molecule has 1 aromatic rings. The van der Waals surface area contributed by atoms with Crippen molar-refractivity contribution >= 4 is 11.9 Å². The lowest BCUT2D eigenvalue weighted by Gasteiger charge is -2.23. The first kappa shape index (κ1) is 16.2. The quantitative estimate of drug-likeness (QED) is 0.786. The number of carboxylic acids is 1. The van der Waals surface area contributed by atoms with E-state index >= 15 is 0 Å². The van der Waals surface area contributed by atoms with Gasteiger partial charge in [0.05, 0.1) is 0 Å². The molecule has 0 saturated carbocycles. The summed E-state index contributed by atoms with van der Waals surface area (Å²) in [4.78, 5) is 22.2. The van der Waals surface area contributed by atoms with Gasteiger partial charge >= 0.3 is 5.97 Å². The van der Waals surface area contributed by atoms with E-state index in [1.807, 2.05) is 12.1 Å². The van der Waals surface area contributed by atoms with Gasteiger partial charge in [-0.25, -0.2) is 0 Å². The van der Waals surface area contributed by atoms with Crippen LogP contribution in [0.1, 0.15) is 45.2 Å². The summed E-state index contributed by atoms with van der Waals surface area (Å²) in [6.07, 6.45) is 1.05. The van der Waals surface area contributed by atoms with Crippen molar-refractivity contribution in [2.24, 2.45) is 5.92 Å². The highest BCUT2D eigenvalue weighted by Crippen LogP contribution is 2.26. The SMILES string of the molecule is CCC(C)(C)c1ccc(CNC(=O)C(C)C(=O)O)cc1. The average Bonchev–Trinajstić information content (AvgIpc) is 2.44. The van der Waals surface area contributed by atoms with Crippen LogP contribution >= 0.6 is 0 Å². The first-order valence-corrected chi connectivity index (χ1v) is 6.88. The number of aliphatic carboxylic acids is 1. The van der Waals surface area contributed by atoms with E-state index in [4.69, 9.17) is 5.11 Å². The molecule has 0 aliphatic heterocycles. The van der Waals surface area contributed by atoms with E-state index in [0.717, 1.165) is 12.0 Å². The van der Waals surface area contributed by atoms with Crippen LogP contribution in [0.4, 0.5) is 0 Å². The van der Waals surface area contributed by atoms with Crippen LogP contribution in [0, 0.1) is 5.92 Å². The van der Waals surface area contributed by atoms with Crippen LogP contribution in [0.25, 0.3) is 0 Å². The Morgan fingerprint density at radius 3 is 2.25 bits per heavy atom. The van der Waals surface area contributed by atoms with Crippen molar-refractivity contribution in [1.29, 1.82) is 0 Å². The monoisotopic (exact) mass is 277 g/mol. The first-order valence-electron chi connectivity index (χ1n) is 6.88. The van der Waals surface area contributed by atoms with E-state index in [0.29, 0.717) is 6.54 Å². The van der Waals surface area contributed by atoms with Gasteiger partial charge in [-0.05, 0) is 29.9 Å². The third-order valence-corrected chi connectivity index (χ3v) is 3.85. The molecule has 0 bridgehead atoms. The normalized spacial score (nSPS) is 12.8. The predicted octanol–water partition coefficient (Wildman–Crippen LogP) is 2.71. The van der Waals surface area contributed by atoms with Gasteiger partial charge in [0, 0.05) is 6.54 Å². The third-order valence-electron chi connectivity index (χ3n) is 3.85. The molecule has 0 saturated heterocycles. The van der Waals surface area contributed by atoms with Crippen LogP contribution in [0.5, 0.6) is 0 Å². The summed E-state index contributed by atoms with van der Waals surface area (Å²) in [7, 11) is 0. The smallest absolute Gasteiger partial charge is 0.315 e. The number of hydrogen-bond acceptors (Lipinski definition) is 2. The number of benzene rings is 1. The van der Waals surface area contributed by atoms with Gasteiger partial charge in [0.25, 0.3) is 0 Å². The van der Waals surface area contributed by atoms with Gasteiger partial charge in [0.15, 0.2) is 0 Å². The zero-order valence-corrected chi connectivity index (χ0v) is 12.6. The Balaban J connectivity index is 2.63. The number of hydrogen-bond donors (Lipinski definition) is 2. The topological polar surface area (TPSA) is 66.4 Å². The van der Waals surface area contributed by atoms with Crippen molar-refractivity contribution in [2.75, 3.05) is 0 Å². The van der Waals surface area contributed by atoms with Gasteiger partial charge in [-0.15, -0.1) is 0 Å². The molecule has 0 aliphatic carbocycles. The molecule has 1 unspecified atom stereocenters. The summed E-state index contributed by atoms with van der Waals surface area (Å²) < 4.78 is 0. The van der Waals surface area contributed by atoms with Crippen LogP contribution < -0.4 is 5.32 Å². The number of rotatable bonds is 6. The second-order valence-corrected chi connectivity index (χ2v) is 5.71. The zero-order chi connectivity index (χ0) is 15.3. The van der Waals surface area contributed by atoms with Gasteiger partial charge in [-0.3, -0.25) is 9.59 Å². The molecular weight excluding hydrogens is 254 g/mol. The summed E-state index contributed by atoms with van der Waals surface area (Å²) >= 11 is 0. The summed E-state index contributed by atoms with van der Waals surface area (Å²) in [5.41, 5.74) is 2.36. The molecular formula is C16H23NO3. The fraction of sp³-hybridized carbons (Fsp3) is 0.500. The summed E-state index contributed by atoms with van der Waals surface area (Å²) in [5.74, 6) is -2.59. The number of nitrogens with one attached hydrogen (secondary N) is 1. The van der Waals surface area contributed by atoms with E-state index in [1.54, 1.807) is 0 Å². The number of carboxylic acid groups (broad SMARTS) is 1. The minimum absolute atomic E-state index is 0.138. The molecule has 0 radical (unpaired) electrons. The molecule has 2 N–H and O–H groups in total. The highest BCUT2D eigenvalue weighted by molar-refractivity contribution is 5.96. The maximum Gasteiger partial charge on any atom is 0.315 e. The largest absolute Gasteiger partial charge is 0.481 e. The average molecular weight is 277 g/mol. The molecule has 1 amide bonds. The second-order valence-electron chi connectivity index (χ2n) is 5.71. The number of carbonyl (C=O) groups is 2. The maximum absolute atomic E-state index is 11.5. The molecule has 4 nitrogen and oxygen atoms in total. The summed E-state index contributed by atoms with van der Waals surface area (Å²) in [6, 6.07) is 8.06. The van der Waals surface area contributed by atoms with Crippen LogP contribution in [0.3, 0.4) is 0 Å². The lowest BCUT2D eigenvalue weighted by Crippen LogP contribution is -2.33. The number of amides is 1. The molecule has 4 heteroatoms. The van der Waals surface area contributed by atoms with E-state index in [1.165, 1.54) is 12.5 Å². The van der Waals surface area contributed by atoms with Crippen molar-refractivity contribution in [1.82, 2.24) is 5.32 Å². The lowest BCUT2D eigenvalue weighted by atomic mass is 9.82. The third kappa shape index (κ3) is 4.08. The minimum Gasteiger partial charge on any atom is -0.481 e. The van der Waals surface area contributed by atoms with Crippen molar-refractivity contribution in [3.63, 3.8) is 0 Å². The number of carbonyl (C=O) groups excluding carboxylic acids is 1. The van der Waals surface area contributed by atoms with E-state index < -0.39 is 17.8 Å². The molecule has 0 heterocycles. The molecule has 20 heavy (non-hydrogen) atoms. The van der Waals surface area contributed by atoms with Crippen LogP contribution in [0.2, 0.25) is 0 Å². The molecule has 0 aliphatic rings. The second kappa shape index (κ2) is 6.55. The van der Waals surface area contributed by atoms with Crippen molar-refractivity contribution < 1.29 is 14.7 Å². The Labute approximate surface area is 120 Å². The molecule has 1 aromatic carbocycles. The fourth-order valence-electron chi connectivity index (χ4n) is 1.73. The van der Waals surface area contributed by atoms with Gasteiger partial charge < -0.3 is 10.4 Å². The van der Waals surface area contributed by atoms with Gasteiger partial charge in [-0.2, -0.15) is 0 Å². The molecule has 110 valence electrons. The van der Waals surface area contributed by atoms with Crippen LogP contribution in [-0.2, 0) is 21.5 Å². The van der Waals surface area contributed by atoms with Crippen LogP contribution in [-0.4, -0.2) is 17.0 Å². The van der Waals surface area contributed by atoms with Crippen LogP contribution in [0.15, 0.2) is 24.3 Å². The fourth-order valence-corrected chi connectivity index (χ4v) is 1.73. The van der Waals surface area contributed by atoms with E-state index in [-0.39, 0.29) is 5.41 Å². The molecule has 1 rings (SSSR count). The Morgan fingerprint density at radius 2 is 1.80 bits per heavy atom. The zero-order valence-electron chi connectivity index (χ0n) is 12.6. The Morgan fingerprint density at radius 1 is 1.25 bits per heavy atom. The highest BCUT2D eigenvalue weighted by Gasteiger charge is 2.20. The molecule has 0 spiro atoms. The van der Waals surface area contributed by atoms with Gasteiger partial charge in [0.2, 0.25) is 5.91 Å². The van der Waals surface area contributed by atoms with E-state index in [9.17, 15) is 9.59 Å². The summed E-state index contributed by atoms with van der Waals surface area (Å²) in [6.45, 7) is 8.27. The molecule has 0 fully saturated rings. The molecule has 0 aromatic heterocycles. The Kier molecular flexibility index (Phi) is 5.31. The Hall–Kier alpha value is -1.84. The maximum atomic E-state index is 11.5. The molecule has 1 atom stereocenters. The van der Waals surface area contributed by atoms with Gasteiger partial charge in [-0.1, -0.05) is 45.0 Å². The van der Waals surface area contributed by atoms with E-state index in [2.05, 4.69) is 38.2 Å². The summed E-state index contributed by atoms with van der Waals surface area (Å²) in [5, 5.41) is 11.4. The Bertz CT molecular complexity index is 477. The van der Waals surface area contributed by atoms with Crippen molar-refractivity contribution in [2.45, 2.75) is 46.1 Å². The van der Waals surface area contributed by atoms with Gasteiger partial charge in [0.1, 0.15) is 5.92 Å².